The van der Waals surface area contributed by atoms with E-state index in [1.807, 2.05) is 0 Å². The summed E-state index contributed by atoms with van der Waals surface area (Å²) >= 11 is 6.28. The first-order valence-electron chi connectivity index (χ1n) is 10.1. The van der Waals surface area contributed by atoms with E-state index < -0.39 is 15.7 Å². The summed E-state index contributed by atoms with van der Waals surface area (Å²) in [5.74, 6) is -0.359. The number of amides is 1. The van der Waals surface area contributed by atoms with E-state index in [0.29, 0.717) is 43.2 Å². The number of aromatic nitrogens is 1. The van der Waals surface area contributed by atoms with Crippen LogP contribution in [0, 0.1) is 5.82 Å². The van der Waals surface area contributed by atoms with E-state index >= 15 is 0 Å². The molecule has 0 aliphatic carbocycles. The lowest BCUT2D eigenvalue weighted by Gasteiger charge is -2.34. The van der Waals surface area contributed by atoms with E-state index in [9.17, 15) is 17.6 Å². The van der Waals surface area contributed by atoms with Crippen molar-refractivity contribution in [1.82, 2.24) is 9.88 Å². The largest absolute Gasteiger partial charge is 0.419 e. The Balaban J connectivity index is 1.77. The SMILES string of the molecule is CCC(=O)N1CCN(c2oc(-c3ccccc3Cl)nc2S(=O)(=O)c2ccc(F)cc2)CC1. The average molecular weight is 478 g/mol. The van der Waals surface area contributed by atoms with Gasteiger partial charge in [-0.05, 0) is 36.4 Å². The molecule has 0 unspecified atom stereocenters. The van der Waals surface area contributed by atoms with Crippen LogP contribution >= 0.6 is 11.6 Å². The molecule has 0 N–H and O–H groups in total. The molecule has 0 saturated carbocycles. The standard InChI is InChI=1S/C22H21ClFN3O4S/c1-2-19(28)26-11-13-27(14-12-26)22-21(32(29,30)16-9-7-15(24)8-10-16)25-20(31-22)17-5-3-4-6-18(17)23/h3-10H,2,11-14H2,1H3. The fourth-order valence-electron chi connectivity index (χ4n) is 3.53. The number of anilines is 1. The van der Waals surface area contributed by atoms with Gasteiger partial charge in [-0.2, -0.15) is 4.98 Å². The zero-order valence-electron chi connectivity index (χ0n) is 17.3. The second-order valence-electron chi connectivity index (χ2n) is 7.29. The number of hydrogen-bond donors (Lipinski definition) is 0. The molecule has 7 nitrogen and oxygen atoms in total. The number of rotatable bonds is 5. The van der Waals surface area contributed by atoms with Gasteiger partial charge in [-0.25, -0.2) is 12.8 Å². The summed E-state index contributed by atoms with van der Waals surface area (Å²) in [6.45, 7) is 3.44. The third kappa shape index (κ3) is 4.22. The Bertz CT molecular complexity index is 1240. The van der Waals surface area contributed by atoms with Crippen LogP contribution in [0.3, 0.4) is 0 Å². The van der Waals surface area contributed by atoms with Gasteiger partial charge < -0.3 is 14.2 Å². The zero-order valence-corrected chi connectivity index (χ0v) is 18.9. The summed E-state index contributed by atoms with van der Waals surface area (Å²) in [5.41, 5.74) is 0.454. The molecule has 168 valence electrons. The van der Waals surface area contributed by atoms with Crippen molar-refractivity contribution in [2.45, 2.75) is 23.3 Å². The first kappa shape index (κ1) is 22.3. The lowest BCUT2D eigenvalue weighted by atomic mass is 10.2. The highest BCUT2D eigenvalue weighted by Gasteiger charge is 2.33. The molecule has 1 amide bonds. The molecule has 2 heterocycles. The van der Waals surface area contributed by atoms with Crippen LogP contribution in [0.5, 0.6) is 0 Å². The first-order valence-corrected chi connectivity index (χ1v) is 12.0. The van der Waals surface area contributed by atoms with E-state index in [4.69, 9.17) is 16.0 Å². The number of oxazole rings is 1. The van der Waals surface area contributed by atoms with Crippen molar-refractivity contribution in [3.8, 4) is 11.5 Å². The summed E-state index contributed by atoms with van der Waals surface area (Å²) in [7, 11) is -4.11. The van der Waals surface area contributed by atoms with E-state index in [1.54, 1.807) is 41.0 Å². The topological polar surface area (TPSA) is 83.7 Å². The number of hydrogen-bond acceptors (Lipinski definition) is 6. The molecule has 1 aliphatic rings. The molecule has 0 bridgehead atoms. The first-order chi connectivity index (χ1) is 15.3. The van der Waals surface area contributed by atoms with Crippen LogP contribution in [0.4, 0.5) is 10.3 Å². The van der Waals surface area contributed by atoms with Crippen LogP contribution in [0.1, 0.15) is 13.3 Å². The van der Waals surface area contributed by atoms with Crippen molar-refractivity contribution in [3.05, 3.63) is 59.4 Å². The van der Waals surface area contributed by atoms with E-state index in [0.717, 1.165) is 12.1 Å². The van der Waals surface area contributed by atoms with Crippen molar-refractivity contribution < 1.29 is 22.0 Å². The van der Waals surface area contributed by atoms with Crippen LogP contribution < -0.4 is 4.90 Å². The molecule has 1 aromatic heterocycles. The quantitative estimate of drug-likeness (QED) is 0.516. The Morgan fingerprint density at radius 1 is 1.09 bits per heavy atom. The van der Waals surface area contributed by atoms with E-state index in [-0.39, 0.29) is 27.6 Å². The van der Waals surface area contributed by atoms with Gasteiger partial charge in [0.2, 0.25) is 32.5 Å². The lowest BCUT2D eigenvalue weighted by Crippen LogP contribution is -2.48. The molecule has 1 saturated heterocycles. The molecule has 1 aliphatic heterocycles. The van der Waals surface area contributed by atoms with Gasteiger partial charge in [0.1, 0.15) is 5.82 Å². The van der Waals surface area contributed by atoms with E-state index in [1.165, 1.54) is 12.1 Å². The summed E-state index contributed by atoms with van der Waals surface area (Å²) in [5, 5.41) is 0.0960. The van der Waals surface area contributed by atoms with Gasteiger partial charge >= 0.3 is 0 Å². The number of nitrogens with zero attached hydrogens (tertiary/aromatic N) is 3. The molecule has 3 aromatic rings. The fourth-order valence-corrected chi connectivity index (χ4v) is 5.07. The van der Waals surface area contributed by atoms with Crippen molar-refractivity contribution in [2.75, 3.05) is 31.1 Å². The Morgan fingerprint density at radius 3 is 2.38 bits per heavy atom. The van der Waals surface area contributed by atoms with Gasteiger partial charge in [-0.15, -0.1) is 0 Å². The molecule has 1 fully saturated rings. The second kappa shape index (κ2) is 8.91. The minimum atomic E-state index is -4.11. The molecular weight excluding hydrogens is 457 g/mol. The Labute approximate surface area is 190 Å². The van der Waals surface area contributed by atoms with Crippen molar-refractivity contribution >= 4 is 33.2 Å². The maximum absolute atomic E-state index is 13.4. The maximum Gasteiger partial charge on any atom is 0.236 e. The predicted octanol–water partition coefficient (Wildman–Crippen LogP) is 4.03. The normalized spacial score (nSPS) is 14.6. The third-order valence-corrected chi connectivity index (χ3v) is 7.28. The van der Waals surface area contributed by atoms with Gasteiger partial charge in [0, 0.05) is 32.6 Å². The van der Waals surface area contributed by atoms with Crippen molar-refractivity contribution in [2.24, 2.45) is 0 Å². The average Bonchev–Trinajstić information content (AvgIpc) is 3.25. The summed E-state index contributed by atoms with van der Waals surface area (Å²) in [6, 6.07) is 11.4. The summed E-state index contributed by atoms with van der Waals surface area (Å²) in [4.78, 5) is 19.7. The molecule has 0 atom stereocenters. The molecule has 0 radical (unpaired) electrons. The number of carbonyl (C=O) groups excluding carboxylic acids is 1. The molecular formula is C22H21ClFN3O4S. The smallest absolute Gasteiger partial charge is 0.236 e. The predicted molar refractivity (Wildman–Crippen MR) is 118 cm³/mol. The van der Waals surface area contributed by atoms with Gasteiger partial charge in [-0.1, -0.05) is 30.7 Å². The van der Waals surface area contributed by atoms with Crippen LogP contribution in [-0.2, 0) is 14.6 Å². The summed E-state index contributed by atoms with van der Waals surface area (Å²) < 4.78 is 46.1. The monoisotopic (exact) mass is 477 g/mol. The number of halogens is 2. The highest BCUT2D eigenvalue weighted by Crippen LogP contribution is 2.37. The Morgan fingerprint density at radius 2 is 1.75 bits per heavy atom. The van der Waals surface area contributed by atoms with Gasteiger partial charge in [0.25, 0.3) is 0 Å². The van der Waals surface area contributed by atoms with Crippen molar-refractivity contribution in [3.63, 3.8) is 0 Å². The highest BCUT2D eigenvalue weighted by molar-refractivity contribution is 7.91. The number of carbonyl (C=O) groups is 1. The van der Waals surface area contributed by atoms with Crippen molar-refractivity contribution in [1.29, 1.82) is 0 Å². The zero-order chi connectivity index (χ0) is 22.9. The Kier molecular flexibility index (Phi) is 6.21. The lowest BCUT2D eigenvalue weighted by molar-refractivity contribution is -0.131. The molecule has 2 aromatic carbocycles. The van der Waals surface area contributed by atoms with Crippen LogP contribution in [0.15, 0.2) is 62.9 Å². The molecule has 0 spiro atoms. The van der Waals surface area contributed by atoms with Crippen LogP contribution in [-0.4, -0.2) is 50.4 Å². The van der Waals surface area contributed by atoms with Gasteiger partial charge in [0.05, 0.1) is 15.5 Å². The number of benzene rings is 2. The minimum Gasteiger partial charge on any atom is -0.419 e. The highest BCUT2D eigenvalue weighted by atomic mass is 35.5. The number of piperazine rings is 1. The fraction of sp³-hybridized carbons (Fsp3) is 0.273. The third-order valence-electron chi connectivity index (χ3n) is 5.28. The molecule has 10 heteroatoms. The van der Waals surface area contributed by atoms with E-state index in [2.05, 4.69) is 4.98 Å². The second-order valence-corrected chi connectivity index (χ2v) is 9.56. The minimum absolute atomic E-state index is 0.0399. The van der Waals surface area contributed by atoms with Gasteiger partial charge in [0.15, 0.2) is 0 Å². The van der Waals surface area contributed by atoms with Gasteiger partial charge in [-0.3, -0.25) is 4.79 Å². The Hall–Kier alpha value is -2.91. The maximum atomic E-state index is 13.4. The van der Waals surface area contributed by atoms with Crippen LogP contribution in [0.25, 0.3) is 11.5 Å². The molecule has 4 rings (SSSR count). The number of sulfone groups is 1. The molecule has 32 heavy (non-hydrogen) atoms. The van der Waals surface area contributed by atoms with Crippen LogP contribution in [0.2, 0.25) is 5.02 Å². The summed E-state index contributed by atoms with van der Waals surface area (Å²) in [6.07, 6.45) is 0.406.